The average Bonchev–Trinajstić information content (AvgIpc) is 3.26. The van der Waals surface area contributed by atoms with Gasteiger partial charge in [0.1, 0.15) is 0 Å². The summed E-state index contributed by atoms with van der Waals surface area (Å²) in [5.74, 6) is -0.185. The molecule has 0 bridgehead atoms. The highest BCUT2D eigenvalue weighted by Crippen LogP contribution is 2.54. The minimum atomic E-state index is -0.911. The third-order valence-electron chi connectivity index (χ3n) is 8.24. The number of benzene rings is 1. The summed E-state index contributed by atoms with van der Waals surface area (Å²) < 4.78 is 23.9. The van der Waals surface area contributed by atoms with Crippen molar-refractivity contribution in [2.45, 2.75) is 68.9 Å². The van der Waals surface area contributed by atoms with Crippen LogP contribution in [0.2, 0.25) is 5.02 Å². The summed E-state index contributed by atoms with van der Waals surface area (Å²) in [5, 5.41) is 3.12. The molecule has 1 saturated carbocycles. The normalized spacial score (nSPS) is 24.9. The van der Waals surface area contributed by atoms with Crippen molar-refractivity contribution in [1.82, 2.24) is 15.2 Å². The Hall–Kier alpha value is -2.40. The highest BCUT2D eigenvalue weighted by atomic mass is 35.5. The third-order valence-corrected chi connectivity index (χ3v) is 9.33. The molecule has 2 aromatic rings. The molecule has 9 nitrogen and oxygen atoms in total. The maximum atomic E-state index is 13.3. The van der Waals surface area contributed by atoms with Crippen LogP contribution in [0.5, 0.6) is 17.2 Å². The zero-order valence-electron chi connectivity index (χ0n) is 23.0. The van der Waals surface area contributed by atoms with Crippen molar-refractivity contribution in [3.05, 3.63) is 44.3 Å². The third kappa shape index (κ3) is 5.36. The summed E-state index contributed by atoms with van der Waals surface area (Å²) in [6.07, 6.45) is 6.29. The van der Waals surface area contributed by atoms with Crippen LogP contribution in [-0.2, 0) is 11.3 Å². The summed E-state index contributed by atoms with van der Waals surface area (Å²) in [7, 11) is 3.26. The molecule has 1 aromatic carbocycles. The zero-order valence-corrected chi connectivity index (χ0v) is 24.6. The number of aryl methyl sites for hydroxylation is 1. The topological polar surface area (TPSA) is 102 Å². The number of pyridine rings is 1. The van der Waals surface area contributed by atoms with Gasteiger partial charge in [0.15, 0.2) is 11.5 Å². The number of carbonyl (C=O) groups excluding carboxylic acids is 1. The van der Waals surface area contributed by atoms with Gasteiger partial charge >= 0.3 is 0 Å². The van der Waals surface area contributed by atoms with Crippen LogP contribution in [0.25, 0.3) is 0 Å². The van der Waals surface area contributed by atoms with Gasteiger partial charge in [-0.25, -0.2) is 0 Å². The van der Waals surface area contributed by atoms with Gasteiger partial charge in [-0.2, -0.15) is 0 Å². The van der Waals surface area contributed by atoms with Crippen molar-refractivity contribution in [1.29, 1.82) is 0 Å². The van der Waals surface area contributed by atoms with E-state index in [1.54, 1.807) is 7.11 Å². The molecule has 0 radical (unpaired) electrons. The number of amides is 1. The molecular formula is C28H36ClN3O6S. The van der Waals surface area contributed by atoms with Crippen molar-refractivity contribution >= 4 is 29.3 Å². The molecule has 39 heavy (non-hydrogen) atoms. The van der Waals surface area contributed by atoms with Gasteiger partial charge in [0.25, 0.3) is 17.3 Å². The van der Waals surface area contributed by atoms with E-state index in [1.165, 1.54) is 24.9 Å². The number of nitrogens with one attached hydrogen (secondary N) is 2. The fourth-order valence-electron chi connectivity index (χ4n) is 5.93. The predicted molar refractivity (Wildman–Crippen MR) is 151 cm³/mol. The van der Waals surface area contributed by atoms with Crippen LogP contribution < -0.4 is 25.1 Å². The van der Waals surface area contributed by atoms with Crippen LogP contribution in [0.15, 0.2) is 21.8 Å². The molecule has 1 atom stereocenters. The maximum absolute atomic E-state index is 13.3. The number of aromatic nitrogens is 1. The highest BCUT2D eigenvalue weighted by molar-refractivity contribution is 7.98. The highest BCUT2D eigenvalue weighted by Gasteiger charge is 2.49. The molecule has 1 aromatic heterocycles. The van der Waals surface area contributed by atoms with Crippen LogP contribution in [0.1, 0.15) is 54.2 Å². The van der Waals surface area contributed by atoms with Crippen LogP contribution in [-0.4, -0.2) is 67.3 Å². The van der Waals surface area contributed by atoms with E-state index in [1.807, 2.05) is 26.2 Å². The van der Waals surface area contributed by atoms with Crippen LogP contribution in [0.4, 0.5) is 0 Å². The molecule has 212 valence electrons. The molecular weight excluding hydrogens is 542 g/mol. The average molecular weight is 578 g/mol. The lowest BCUT2D eigenvalue weighted by Crippen LogP contribution is -2.57. The Morgan fingerprint density at radius 3 is 2.54 bits per heavy atom. The molecule has 2 fully saturated rings. The summed E-state index contributed by atoms with van der Waals surface area (Å²) >= 11 is 8.08. The second-order valence-electron chi connectivity index (χ2n) is 10.6. The first-order chi connectivity index (χ1) is 18.7. The van der Waals surface area contributed by atoms with E-state index >= 15 is 0 Å². The molecule has 5 rings (SSSR count). The maximum Gasteiger partial charge on any atom is 0.255 e. The van der Waals surface area contributed by atoms with E-state index in [2.05, 4.69) is 15.2 Å². The van der Waals surface area contributed by atoms with Gasteiger partial charge in [-0.05, 0) is 51.0 Å². The Kier molecular flexibility index (Phi) is 8.10. The Morgan fingerprint density at radius 2 is 1.90 bits per heavy atom. The lowest BCUT2D eigenvalue weighted by molar-refractivity contribution is -0.130. The number of halogens is 1. The first kappa shape index (κ1) is 28.1. The SMILES string of the molecule is COc1c(C(=O)NCc2c(SC)cc(C)[nH]c2=O)cc(Cl)c2c1O[C@@](C)([C@H]1CC[C@@H](N3CC(OC)C3)CC1)O2. The first-order valence-corrected chi connectivity index (χ1v) is 14.9. The number of thioether (sulfide) groups is 1. The molecule has 2 N–H and O–H groups in total. The van der Waals surface area contributed by atoms with Crippen molar-refractivity contribution in [3.8, 4) is 17.2 Å². The second-order valence-corrected chi connectivity index (χ2v) is 11.9. The van der Waals surface area contributed by atoms with E-state index in [0.29, 0.717) is 29.2 Å². The van der Waals surface area contributed by atoms with E-state index in [4.69, 9.17) is 30.5 Å². The summed E-state index contributed by atoms with van der Waals surface area (Å²) in [4.78, 5) is 31.9. The molecule has 1 saturated heterocycles. The van der Waals surface area contributed by atoms with Gasteiger partial charge < -0.3 is 29.2 Å². The number of methoxy groups -OCH3 is 2. The van der Waals surface area contributed by atoms with E-state index in [-0.39, 0.29) is 34.4 Å². The number of carbonyl (C=O) groups is 1. The van der Waals surface area contributed by atoms with Crippen LogP contribution in [0.3, 0.4) is 0 Å². The standard InChI is InChI=1S/C28H36ClN3O6S/c1-15-10-22(39-5)20(27(34)31-15)12-30-26(33)19-11-21(29)24-25(23(19)36-4)38-28(2,37-24)16-6-8-17(9-7-16)32-13-18(14-32)35-3/h10-11,16-18H,6-9,12-14H2,1-5H3,(H,30,33)(H,31,34)/t16-,17+,28-/m0/s1. The molecule has 1 aliphatic carbocycles. The van der Waals surface area contributed by atoms with E-state index in [9.17, 15) is 9.59 Å². The summed E-state index contributed by atoms with van der Waals surface area (Å²) in [6, 6.07) is 3.98. The van der Waals surface area contributed by atoms with Gasteiger partial charge in [-0.3, -0.25) is 14.5 Å². The number of H-pyrrole nitrogens is 1. The van der Waals surface area contributed by atoms with Crippen molar-refractivity contribution in [2.24, 2.45) is 5.92 Å². The minimum absolute atomic E-state index is 0.0585. The Balaban J connectivity index is 1.30. The summed E-state index contributed by atoms with van der Waals surface area (Å²) in [5.41, 5.74) is 1.25. The van der Waals surface area contributed by atoms with Crippen molar-refractivity contribution < 1.29 is 23.7 Å². The van der Waals surface area contributed by atoms with Crippen molar-refractivity contribution in [3.63, 3.8) is 0 Å². The number of rotatable bonds is 8. The summed E-state index contributed by atoms with van der Waals surface area (Å²) in [6.45, 7) is 5.81. The quantitative estimate of drug-likeness (QED) is 0.446. The molecule has 1 amide bonds. The van der Waals surface area contributed by atoms with E-state index in [0.717, 1.165) is 49.4 Å². The van der Waals surface area contributed by atoms with Crippen molar-refractivity contribution in [2.75, 3.05) is 33.6 Å². The molecule has 11 heteroatoms. The fraction of sp³-hybridized carbons (Fsp3) is 0.571. The number of ether oxygens (including phenoxy) is 4. The lowest BCUT2D eigenvalue weighted by atomic mass is 9.80. The Labute approximate surface area is 237 Å². The number of hydrogen-bond donors (Lipinski definition) is 2. The second kappa shape index (κ2) is 11.2. The minimum Gasteiger partial charge on any atom is -0.492 e. The predicted octanol–water partition coefficient (Wildman–Crippen LogP) is 4.37. The molecule has 0 spiro atoms. The van der Waals surface area contributed by atoms with Gasteiger partial charge in [0.2, 0.25) is 5.75 Å². The smallest absolute Gasteiger partial charge is 0.255 e. The number of nitrogens with zero attached hydrogens (tertiary/aromatic N) is 1. The Bertz CT molecular complexity index is 1310. The van der Waals surface area contributed by atoms with Gasteiger partial charge in [0, 0.05) is 61.8 Å². The molecule has 2 aliphatic heterocycles. The monoisotopic (exact) mass is 577 g/mol. The largest absolute Gasteiger partial charge is 0.492 e. The first-order valence-electron chi connectivity index (χ1n) is 13.3. The lowest BCUT2D eigenvalue weighted by Gasteiger charge is -2.47. The molecule has 3 aliphatic rings. The number of likely N-dealkylation sites (tertiary alicyclic amines) is 1. The van der Waals surface area contributed by atoms with Gasteiger partial charge in [0.05, 0.1) is 23.8 Å². The van der Waals surface area contributed by atoms with Gasteiger partial charge in [-0.1, -0.05) is 11.6 Å². The van der Waals surface area contributed by atoms with Crippen LogP contribution in [0, 0.1) is 12.8 Å². The van der Waals surface area contributed by atoms with Crippen LogP contribution >= 0.6 is 23.4 Å². The number of hydrogen-bond acceptors (Lipinski definition) is 8. The Morgan fingerprint density at radius 1 is 1.21 bits per heavy atom. The number of fused-ring (bicyclic) bond motifs is 1. The number of aromatic amines is 1. The molecule has 3 heterocycles. The van der Waals surface area contributed by atoms with E-state index < -0.39 is 11.7 Å². The van der Waals surface area contributed by atoms with Gasteiger partial charge in [-0.15, -0.1) is 11.8 Å². The molecule has 0 unspecified atom stereocenters. The fourth-order valence-corrected chi connectivity index (χ4v) is 6.86. The zero-order chi connectivity index (χ0) is 27.9.